The fourth-order valence-corrected chi connectivity index (χ4v) is 1.99. The Labute approximate surface area is 116 Å². The molecule has 0 aliphatic rings. The topological polar surface area (TPSA) is 88.1 Å². The van der Waals surface area contributed by atoms with Crippen molar-refractivity contribution < 1.29 is 18.3 Å². The highest BCUT2D eigenvalue weighted by Gasteiger charge is 2.25. The van der Waals surface area contributed by atoms with Crippen LogP contribution in [0.4, 0.5) is 8.78 Å². The summed E-state index contributed by atoms with van der Waals surface area (Å²) in [5, 5.41) is 0. The Hall–Kier alpha value is -2.52. The number of alkyl halides is 2. The molecule has 114 valence electrons. The summed E-state index contributed by atoms with van der Waals surface area (Å²) in [7, 11) is 2.23. The van der Waals surface area contributed by atoms with E-state index in [0.717, 1.165) is 25.1 Å². The maximum atomic E-state index is 13.0. The summed E-state index contributed by atoms with van der Waals surface area (Å²) in [5.74, 6) is -0.675. The minimum absolute atomic E-state index is 0.0945. The van der Waals surface area contributed by atoms with Gasteiger partial charge in [0.1, 0.15) is 6.04 Å². The third kappa shape index (κ3) is 2.12. The van der Waals surface area contributed by atoms with Crippen molar-refractivity contribution in [1.29, 1.82) is 0 Å². The first-order chi connectivity index (χ1) is 9.81. The summed E-state index contributed by atoms with van der Waals surface area (Å²) in [5.41, 5.74) is -2.75. The number of aromatic nitrogens is 4. The van der Waals surface area contributed by atoms with Crippen LogP contribution in [-0.2, 0) is 16.6 Å². The summed E-state index contributed by atoms with van der Waals surface area (Å²) in [6.07, 6.45) is 1.05. The lowest BCUT2D eigenvalue weighted by Crippen LogP contribution is -2.39. The minimum Gasteiger partial charge on any atom is -0.467 e. The van der Waals surface area contributed by atoms with E-state index in [-0.39, 0.29) is 10.1 Å². The van der Waals surface area contributed by atoms with Crippen molar-refractivity contribution in [2.45, 2.75) is 19.5 Å². The molecular weight excluding hydrogens is 290 g/mol. The van der Waals surface area contributed by atoms with E-state index in [1.54, 1.807) is 0 Å². The van der Waals surface area contributed by atoms with E-state index in [1.165, 1.54) is 6.92 Å². The number of esters is 1. The van der Waals surface area contributed by atoms with Crippen LogP contribution in [0.1, 0.15) is 19.5 Å². The third-order valence-electron chi connectivity index (χ3n) is 3.16. The first-order valence-electron chi connectivity index (χ1n) is 5.85. The number of fused-ring (bicyclic) bond motifs is 1. The number of imidazole rings is 1. The number of carbonyl (C=O) groups excluding carboxylic acids is 1. The Balaban J connectivity index is 2.89. The number of methoxy groups -OCH3 is 1. The van der Waals surface area contributed by atoms with Crippen molar-refractivity contribution in [2.75, 3.05) is 7.11 Å². The lowest BCUT2D eigenvalue weighted by Gasteiger charge is -2.12. The average Bonchev–Trinajstić information content (AvgIpc) is 2.87. The lowest BCUT2D eigenvalue weighted by atomic mass is 10.3. The van der Waals surface area contributed by atoms with Crippen LogP contribution in [-0.4, -0.2) is 31.8 Å². The molecule has 1 atom stereocenters. The number of halogens is 2. The maximum absolute atomic E-state index is 13.0. The molecule has 0 unspecified atom stereocenters. The second kappa shape index (κ2) is 5.11. The summed E-state index contributed by atoms with van der Waals surface area (Å²) < 4.78 is 32.3. The number of hydrogen-bond acceptors (Lipinski definition) is 5. The van der Waals surface area contributed by atoms with Gasteiger partial charge in [-0.2, -0.15) is 8.78 Å². The van der Waals surface area contributed by atoms with Crippen molar-refractivity contribution in [1.82, 2.24) is 18.7 Å². The van der Waals surface area contributed by atoms with Crippen LogP contribution < -0.4 is 11.2 Å². The molecule has 0 radical (unpaired) electrons. The highest BCUT2D eigenvalue weighted by atomic mass is 19.3. The van der Waals surface area contributed by atoms with Crippen LogP contribution >= 0.6 is 0 Å². The summed E-state index contributed by atoms with van der Waals surface area (Å²) in [6.45, 7) is -1.74. The number of hydrogen-bond donors (Lipinski definition) is 0. The Morgan fingerprint density at radius 1 is 1.38 bits per heavy atom. The van der Waals surface area contributed by atoms with Gasteiger partial charge in [0.15, 0.2) is 11.2 Å². The Kier molecular flexibility index (Phi) is 3.62. The van der Waals surface area contributed by atoms with Gasteiger partial charge in [0.25, 0.3) is 5.56 Å². The molecular formula is C11H12F2N4O4. The average molecular weight is 302 g/mol. The molecule has 10 heteroatoms. The highest BCUT2D eigenvalue weighted by molar-refractivity contribution is 5.78. The Morgan fingerprint density at radius 3 is 2.52 bits per heavy atom. The number of ether oxygens (including phenoxy) is 1. The monoisotopic (exact) mass is 302 g/mol. The lowest BCUT2D eigenvalue weighted by molar-refractivity contribution is -0.143. The smallest absolute Gasteiger partial charge is 0.336 e. The SMILES string of the molecule is COC(=O)[C@H](C)n1cnc2c1c(=O)n(C)c(=O)n2C(F)F. The van der Waals surface area contributed by atoms with Gasteiger partial charge in [0.2, 0.25) is 0 Å². The standard InChI is InChI=1S/C11H12F2N4O4/c1-5(9(19)21-3)16-4-14-7-6(16)8(18)15(2)11(20)17(7)10(12)13/h4-5,10H,1-3H3/t5-/m0/s1. The molecule has 2 rings (SSSR count). The molecule has 0 fully saturated rings. The molecule has 0 N–H and O–H groups in total. The van der Waals surface area contributed by atoms with E-state index in [1.807, 2.05) is 0 Å². The van der Waals surface area contributed by atoms with E-state index in [9.17, 15) is 23.2 Å². The molecule has 0 aromatic carbocycles. The van der Waals surface area contributed by atoms with Crippen molar-refractivity contribution in [3.05, 3.63) is 27.2 Å². The first-order valence-corrected chi connectivity index (χ1v) is 5.85. The van der Waals surface area contributed by atoms with Crippen molar-refractivity contribution in [3.63, 3.8) is 0 Å². The molecule has 2 heterocycles. The fraction of sp³-hybridized carbons (Fsp3) is 0.455. The first kappa shape index (κ1) is 14.9. The Morgan fingerprint density at radius 2 is 2.00 bits per heavy atom. The van der Waals surface area contributed by atoms with E-state index in [4.69, 9.17) is 0 Å². The van der Waals surface area contributed by atoms with Crippen LogP contribution in [0, 0.1) is 0 Å². The highest BCUT2D eigenvalue weighted by Crippen LogP contribution is 2.18. The summed E-state index contributed by atoms with van der Waals surface area (Å²) in [6, 6.07) is -0.948. The van der Waals surface area contributed by atoms with E-state index >= 15 is 0 Å². The van der Waals surface area contributed by atoms with Crippen LogP contribution in [0.5, 0.6) is 0 Å². The largest absolute Gasteiger partial charge is 0.467 e. The normalized spacial score (nSPS) is 12.9. The van der Waals surface area contributed by atoms with Crippen molar-refractivity contribution in [3.8, 4) is 0 Å². The van der Waals surface area contributed by atoms with Gasteiger partial charge in [-0.15, -0.1) is 0 Å². The number of rotatable bonds is 3. The minimum atomic E-state index is -3.16. The van der Waals surface area contributed by atoms with Gasteiger partial charge in [-0.25, -0.2) is 19.1 Å². The zero-order valence-corrected chi connectivity index (χ0v) is 11.4. The Bertz CT molecular complexity index is 820. The molecule has 21 heavy (non-hydrogen) atoms. The molecule has 8 nitrogen and oxygen atoms in total. The van der Waals surface area contributed by atoms with Gasteiger partial charge in [-0.3, -0.25) is 9.36 Å². The van der Waals surface area contributed by atoms with Crippen LogP contribution in [0.2, 0.25) is 0 Å². The van der Waals surface area contributed by atoms with Gasteiger partial charge in [-0.1, -0.05) is 0 Å². The van der Waals surface area contributed by atoms with Gasteiger partial charge < -0.3 is 9.30 Å². The predicted octanol–water partition coefficient (Wildman–Crippen LogP) is 0.0258. The van der Waals surface area contributed by atoms with Crippen LogP contribution in [0.15, 0.2) is 15.9 Å². The van der Waals surface area contributed by atoms with Gasteiger partial charge in [-0.05, 0) is 6.92 Å². The zero-order chi connectivity index (χ0) is 15.9. The molecule has 0 spiro atoms. The quantitative estimate of drug-likeness (QED) is 0.746. The van der Waals surface area contributed by atoms with Gasteiger partial charge in [0, 0.05) is 7.05 Å². The van der Waals surface area contributed by atoms with Gasteiger partial charge >= 0.3 is 18.2 Å². The summed E-state index contributed by atoms with van der Waals surface area (Å²) in [4.78, 5) is 39.0. The van der Waals surface area contributed by atoms with E-state index < -0.39 is 35.5 Å². The number of nitrogens with zero attached hydrogens (tertiary/aromatic N) is 4. The molecule has 0 bridgehead atoms. The molecule has 0 aliphatic heterocycles. The molecule has 0 saturated heterocycles. The molecule has 0 aliphatic carbocycles. The fourth-order valence-electron chi connectivity index (χ4n) is 1.99. The predicted molar refractivity (Wildman–Crippen MR) is 67.2 cm³/mol. The van der Waals surface area contributed by atoms with Crippen molar-refractivity contribution in [2.24, 2.45) is 7.05 Å². The van der Waals surface area contributed by atoms with E-state index in [2.05, 4.69) is 9.72 Å². The third-order valence-corrected chi connectivity index (χ3v) is 3.16. The second-order valence-electron chi connectivity index (χ2n) is 4.32. The molecule has 2 aromatic heterocycles. The van der Waals surface area contributed by atoms with Crippen LogP contribution in [0.25, 0.3) is 11.2 Å². The molecule has 0 amide bonds. The molecule has 0 saturated carbocycles. The second-order valence-corrected chi connectivity index (χ2v) is 4.32. The maximum Gasteiger partial charge on any atom is 0.336 e. The number of carbonyl (C=O) groups is 1. The zero-order valence-electron chi connectivity index (χ0n) is 11.4. The molecule has 2 aromatic rings. The van der Waals surface area contributed by atoms with Crippen molar-refractivity contribution >= 4 is 17.1 Å². The van der Waals surface area contributed by atoms with E-state index in [0.29, 0.717) is 4.57 Å². The van der Waals surface area contributed by atoms with Gasteiger partial charge in [0.05, 0.1) is 13.4 Å². The summed E-state index contributed by atoms with van der Waals surface area (Å²) >= 11 is 0. The van der Waals surface area contributed by atoms with Crippen LogP contribution in [0.3, 0.4) is 0 Å².